The predicted octanol–water partition coefficient (Wildman–Crippen LogP) is 13.6. The van der Waals surface area contributed by atoms with E-state index in [0.717, 1.165) is 25.3 Å². The number of rotatable bonds is 28. The van der Waals surface area contributed by atoms with E-state index in [0.29, 0.717) is 17.7 Å². The first kappa shape index (κ1) is 47.3. The van der Waals surface area contributed by atoms with E-state index in [2.05, 4.69) is 97.3 Å². The number of hydrogen-bond acceptors (Lipinski definition) is 3. The van der Waals surface area contributed by atoms with Crippen LogP contribution in [-0.4, -0.2) is 34.6 Å². The number of unbranched alkanes of at least 4 members (excludes halogenated alkanes) is 15. The molecule has 2 rings (SSSR count). The highest BCUT2D eigenvalue weighted by Gasteiger charge is 2.43. The maximum absolute atomic E-state index is 14.2. The van der Waals surface area contributed by atoms with Gasteiger partial charge in [0, 0.05) is 34.6 Å². The van der Waals surface area contributed by atoms with Crippen molar-refractivity contribution in [3.63, 3.8) is 0 Å². The van der Waals surface area contributed by atoms with Gasteiger partial charge in [0.15, 0.2) is 0 Å². The van der Waals surface area contributed by atoms with E-state index in [1.54, 1.807) is 0 Å². The van der Waals surface area contributed by atoms with Crippen molar-refractivity contribution < 1.29 is 4.79 Å². The van der Waals surface area contributed by atoms with Crippen LogP contribution in [0.2, 0.25) is 0 Å². The fraction of sp³-hybridized carbons (Fsp3) is 0.938. The summed E-state index contributed by atoms with van der Waals surface area (Å²) in [5.41, 5.74) is 0.702. The summed E-state index contributed by atoms with van der Waals surface area (Å²) in [5, 5.41) is 11.3. The molecule has 2 atom stereocenters. The Balaban J connectivity index is 1.90. The number of piperidine rings is 2. The molecular formula is C48H93N3O. The highest BCUT2D eigenvalue weighted by atomic mass is 16.1. The summed E-state index contributed by atoms with van der Waals surface area (Å²) < 4.78 is 0. The van der Waals surface area contributed by atoms with E-state index >= 15 is 0 Å². The monoisotopic (exact) mass is 728 g/mol. The van der Waals surface area contributed by atoms with Crippen LogP contribution in [0.1, 0.15) is 236 Å². The van der Waals surface area contributed by atoms with E-state index < -0.39 is 0 Å². The van der Waals surface area contributed by atoms with Gasteiger partial charge in [0.2, 0.25) is 5.91 Å². The summed E-state index contributed by atoms with van der Waals surface area (Å²) >= 11 is 0. The summed E-state index contributed by atoms with van der Waals surface area (Å²) in [4.78, 5) is 14.2. The summed E-state index contributed by atoms with van der Waals surface area (Å²) in [7, 11) is 0. The van der Waals surface area contributed by atoms with Crippen molar-refractivity contribution in [3.05, 3.63) is 12.2 Å². The lowest BCUT2D eigenvalue weighted by atomic mass is 9.65. The second-order valence-corrected chi connectivity index (χ2v) is 20.5. The zero-order valence-electron chi connectivity index (χ0n) is 37.0. The van der Waals surface area contributed by atoms with Crippen molar-refractivity contribution in [1.82, 2.24) is 16.0 Å². The quantitative estimate of drug-likeness (QED) is 0.0555. The van der Waals surface area contributed by atoms with Crippen LogP contribution in [0.3, 0.4) is 0 Å². The van der Waals surface area contributed by atoms with Gasteiger partial charge in [0.1, 0.15) is 0 Å². The molecule has 4 nitrogen and oxygen atoms in total. The molecule has 2 aliphatic heterocycles. The highest BCUT2D eigenvalue weighted by molar-refractivity contribution is 5.79. The number of carbonyl (C=O) groups is 1. The first-order chi connectivity index (χ1) is 24.6. The van der Waals surface area contributed by atoms with E-state index in [4.69, 9.17) is 0 Å². The van der Waals surface area contributed by atoms with Crippen molar-refractivity contribution in [2.45, 2.75) is 258 Å². The number of amides is 1. The Morgan fingerprint density at radius 3 is 1.60 bits per heavy atom. The smallest absolute Gasteiger partial charge is 0.223 e. The fourth-order valence-electron chi connectivity index (χ4n) is 10.9. The third-order valence-electron chi connectivity index (χ3n) is 12.5. The van der Waals surface area contributed by atoms with Gasteiger partial charge in [-0.15, -0.1) is 0 Å². The van der Waals surface area contributed by atoms with Gasteiger partial charge in [-0.2, -0.15) is 0 Å². The van der Waals surface area contributed by atoms with Crippen LogP contribution in [0, 0.1) is 23.7 Å². The molecule has 0 aliphatic carbocycles. The summed E-state index contributed by atoms with van der Waals surface area (Å²) in [5.74, 6) is 2.42. The maximum Gasteiger partial charge on any atom is 0.223 e. The average molecular weight is 728 g/mol. The lowest BCUT2D eigenvalue weighted by Crippen LogP contribution is -2.59. The molecule has 2 aliphatic rings. The first-order valence-electron chi connectivity index (χ1n) is 23.1. The zero-order valence-corrected chi connectivity index (χ0v) is 37.0. The van der Waals surface area contributed by atoms with Crippen molar-refractivity contribution in [2.24, 2.45) is 23.7 Å². The van der Waals surface area contributed by atoms with E-state index in [1.807, 2.05) is 0 Å². The summed E-state index contributed by atoms with van der Waals surface area (Å²) in [6, 6.07) is 0. The van der Waals surface area contributed by atoms with Crippen LogP contribution in [-0.2, 0) is 4.79 Å². The number of hydrogen-bond donors (Lipinski definition) is 3. The van der Waals surface area contributed by atoms with E-state index in [1.165, 1.54) is 154 Å². The summed E-state index contributed by atoms with van der Waals surface area (Å²) in [6.45, 7) is 24.5. The van der Waals surface area contributed by atoms with Crippen LogP contribution in [0.25, 0.3) is 0 Å². The Bertz CT molecular complexity index is 933. The van der Waals surface area contributed by atoms with Crippen LogP contribution in [0.15, 0.2) is 12.2 Å². The molecule has 2 unspecified atom stereocenters. The normalized spacial score (nSPS) is 21.3. The molecular weight excluding hydrogens is 635 g/mol. The average Bonchev–Trinajstić information content (AvgIpc) is 3.02. The van der Waals surface area contributed by atoms with Gasteiger partial charge in [0.25, 0.3) is 0 Å². The zero-order chi connectivity index (χ0) is 38.5. The second-order valence-electron chi connectivity index (χ2n) is 20.5. The van der Waals surface area contributed by atoms with Gasteiger partial charge >= 0.3 is 0 Å². The molecule has 2 saturated heterocycles. The van der Waals surface area contributed by atoms with Gasteiger partial charge in [-0.1, -0.05) is 122 Å². The van der Waals surface area contributed by atoms with Crippen LogP contribution >= 0.6 is 0 Å². The third-order valence-corrected chi connectivity index (χ3v) is 12.5. The number of carbonyl (C=O) groups excluding carboxylic acids is 1. The Kier molecular flexibility index (Phi) is 22.4. The fourth-order valence-corrected chi connectivity index (χ4v) is 10.9. The van der Waals surface area contributed by atoms with Crippen molar-refractivity contribution in [1.29, 1.82) is 0 Å². The topological polar surface area (TPSA) is 53.2 Å². The molecule has 0 aromatic carbocycles. The molecule has 0 aromatic heterocycles. The van der Waals surface area contributed by atoms with Crippen molar-refractivity contribution >= 4 is 5.91 Å². The molecule has 0 bridgehead atoms. The second kappa shape index (κ2) is 24.6. The molecule has 0 aromatic rings. The van der Waals surface area contributed by atoms with E-state index in [9.17, 15) is 4.79 Å². The van der Waals surface area contributed by atoms with Gasteiger partial charge in [-0.05, 0) is 144 Å². The molecule has 0 saturated carbocycles. The Morgan fingerprint density at radius 1 is 0.577 bits per heavy atom. The minimum atomic E-state index is 0.110. The van der Waals surface area contributed by atoms with E-state index in [-0.39, 0.29) is 28.1 Å². The highest BCUT2D eigenvalue weighted by Crippen LogP contribution is 2.43. The van der Waals surface area contributed by atoms with Crippen molar-refractivity contribution in [2.75, 3.05) is 6.54 Å². The lowest BCUT2D eigenvalue weighted by molar-refractivity contribution is -0.128. The van der Waals surface area contributed by atoms with Crippen molar-refractivity contribution in [3.8, 4) is 0 Å². The van der Waals surface area contributed by atoms with Crippen LogP contribution in [0.4, 0.5) is 0 Å². The summed E-state index contributed by atoms with van der Waals surface area (Å²) in [6.07, 6.45) is 37.9. The Hall–Kier alpha value is -0.870. The molecule has 3 N–H and O–H groups in total. The predicted molar refractivity (Wildman–Crippen MR) is 230 cm³/mol. The molecule has 52 heavy (non-hydrogen) atoms. The first-order valence-corrected chi connectivity index (χ1v) is 23.1. The van der Waals surface area contributed by atoms with Crippen LogP contribution in [0.5, 0.6) is 0 Å². The number of allylic oxidation sites excluding steroid dienone is 2. The standard InChI is InChI=1S/C48H93N3O/c1-11-13-15-16-17-18-19-20-21-22-23-24-25-30-34-43(42(33-28-14-12-2)41-38-47(7,8)51-48(9,10)39-41)44(52)49-35-31-27-26-29-32-40-36-45(3,4)50-46(5,6)37-40/h20-21,40-43,50-51H,11-19,22-39H2,1-10H3,(H,49,52)/b21-20-. The molecule has 306 valence electrons. The molecule has 0 spiro atoms. The largest absolute Gasteiger partial charge is 0.356 e. The molecule has 2 heterocycles. The van der Waals surface area contributed by atoms with Gasteiger partial charge in [-0.3, -0.25) is 4.79 Å². The lowest BCUT2D eigenvalue weighted by Gasteiger charge is -2.50. The molecule has 2 fully saturated rings. The van der Waals surface area contributed by atoms with Crippen LogP contribution < -0.4 is 16.0 Å². The van der Waals surface area contributed by atoms with Gasteiger partial charge < -0.3 is 16.0 Å². The molecule has 1 amide bonds. The molecule has 4 heteroatoms. The number of nitrogens with one attached hydrogen (secondary N) is 3. The maximum atomic E-state index is 14.2. The van der Waals surface area contributed by atoms with Gasteiger partial charge in [-0.25, -0.2) is 0 Å². The SMILES string of the molecule is CCCCCCCC/C=C\CCCCCCC(C(=O)NCCCCCCC1CC(C)(C)NC(C)(C)C1)C(CCCCC)C1CC(C)(C)NC(C)(C)C1. The Morgan fingerprint density at radius 2 is 1.02 bits per heavy atom. The molecule has 0 radical (unpaired) electrons. The third kappa shape index (κ3) is 20.7. The van der Waals surface area contributed by atoms with Gasteiger partial charge in [0.05, 0.1) is 0 Å². The minimum absolute atomic E-state index is 0.110. The Labute approximate surface area is 326 Å². The minimum Gasteiger partial charge on any atom is -0.356 e.